The summed E-state index contributed by atoms with van der Waals surface area (Å²) < 4.78 is 0. The highest BCUT2D eigenvalue weighted by Crippen LogP contribution is 2.32. The summed E-state index contributed by atoms with van der Waals surface area (Å²) in [4.78, 5) is 10.2. The van der Waals surface area contributed by atoms with Crippen molar-refractivity contribution in [2.45, 2.75) is 79.1 Å². The number of unbranched alkanes of at least 4 members (excludes halogenated alkanes) is 4. The van der Waals surface area contributed by atoms with Crippen LogP contribution in [0, 0.1) is 0 Å². The molecule has 0 aliphatic carbocycles. The van der Waals surface area contributed by atoms with Crippen LogP contribution in [0.1, 0.15) is 102 Å². The molecule has 314 valence electrons. The van der Waals surface area contributed by atoms with Crippen molar-refractivity contribution in [2.75, 3.05) is 26.2 Å². The first-order valence-electron chi connectivity index (χ1n) is 21.8. The molecule has 60 heavy (non-hydrogen) atoms. The lowest BCUT2D eigenvalue weighted by atomic mass is 9.97. The number of aromatic nitrogens is 2. The van der Waals surface area contributed by atoms with E-state index in [2.05, 4.69) is 189 Å². The van der Waals surface area contributed by atoms with E-state index >= 15 is 0 Å². The van der Waals surface area contributed by atoms with Crippen LogP contribution in [0.4, 0.5) is 0 Å². The fourth-order valence-corrected chi connectivity index (χ4v) is 7.38. The third kappa shape index (κ3) is 9.69. The minimum Gasteiger partial charge on any atom is -0.300 e. The highest BCUT2D eigenvalue weighted by Gasteiger charge is 2.22. The van der Waals surface area contributed by atoms with Gasteiger partial charge in [-0.3, -0.25) is 20.0 Å². The minimum atomic E-state index is 0.876. The Morgan fingerprint density at radius 3 is 0.817 bits per heavy atom. The van der Waals surface area contributed by atoms with Crippen molar-refractivity contribution in [1.82, 2.24) is 73.8 Å². The van der Waals surface area contributed by atoms with E-state index in [1.807, 2.05) is 0 Å². The van der Waals surface area contributed by atoms with Gasteiger partial charge in [0.1, 0.15) is 0 Å². The summed E-state index contributed by atoms with van der Waals surface area (Å²) in [6, 6.07) is 26.3. The molecule has 0 amide bonds. The highest BCUT2D eigenvalue weighted by molar-refractivity contribution is 5.79. The highest BCUT2D eigenvalue weighted by atomic mass is 15.7. The van der Waals surface area contributed by atoms with Crippen LogP contribution >= 0.6 is 0 Å². The van der Waals surface area contributed by atoms with Crippen LogP contribution in [0.2, 0.25) is 0 Å². The lowest BCUT2D eigenvalue weighted by molar-refractivity contribution is 0.268. The van der Waals surface area contributed by atoms with E-state index in [9.17, 15) is 0 Å². The van der Waals surface area contributed by atoms with Crippen LogP contribution in [-0.2, 0) is 0 Å². The maximum Gasteiger partial charge on any atom is 0.0937 e. The fourth-order valence-electron chi connectivity index (χ4n) is 7.38. The second-order valence-corrected chi connectivity index (χ2v) is 15.7. The Morgan fingerprint density at radius 2 is 0.583 bits per heavy atom. The van der Waals surface area contributed by atoms with Gasteiger partial charge in [0.2, 0.25) is 0 Å². The average molecular weight is 809 g/mol. The number of hydrazine groups is 8. The van der Waals surface area contributed by atoms with Crippen molar-refractivity contribution in [2.24, 2.45) is 0 Å². The van der Waals surface area contributed by atoms with Gasteiger partial charge in [0, 0.05) is 51.0 Å². The maximum atomic E-state index is 5.11. The number of nitrogens with one attached hydrogen (secondary N) is 8. The predicted octanol–water partition coefficient (Wildman–Crippen LogP) is 7.17. The molecule has 0 spiro atoms. The topological polar surface area (TPSA) is 135 Å². The monoisotopic (exact) mass is 809 g/mol. The Balaban J connectivity index is 1.05. The number of rotatable bonds is 19. The van der Waals surface area contributed by atoms with E-state index in [1.165, 1.54) is 0 Å². The Kier molecular flexibility index (Phi) is 13.1. The molecule has 4 aliphatic heterocycles. The molecule has 8 N–H and O–H groups in total. The zero-order valence-corrected chi connectivity index (χ0v) is 35.4. The van der Waals surface area contributed by atoms with Crippen LogP contribution < -0.4 is 43.8 Å². The Morgan fingerprint density at radius 1 is 0.350 bits per heavy atom. The summed E-state index contributed by atoms with van der Waals surface area (Å²) in [7, 11) is 0. The number of hydrogen-bond acceptors (Lipinski definition) is 14. The predicted molar refractivity (Wildman–Crippen MR) is 242 cm³/mol. The van der Waals surface area contributed by atoms with Crippen molar-refractivity contribution >= 4 is 22.8 Å². The average Bonchev–Trinajstić information content (AvgIpc) is 4.14. The van der Waals surface area contributed by atoms with Crippen molar-refractivity contribution in [3.05, 3.63) is 120 Å². The van der Waals surface area contributed by atoms with Crippen LogP contribution in [-0.4, -0.2) is 56.2 Å². The van der Waals surface area contributed by atoms with Crippen molar-refractivity contribution in [3.8, 4) is 33.4 Å². The normalized spacial score (nSPS) is 16.0. The third-order valence-electron chi connectivity index (χ3n) is 11.0. The molecule has 0 fully saturated rings. The second-order valence-electron chi connectivity index (χ2n) is 15.7. The summed E-state index contributed by atoms with van der Waals surface area (Å²) in [5, 5.41) is 8.37. The van der Waals surface area contributed by atoms with Gasteiger partial charge in [0.25, 0.3) is 0 Å². The van der Waals surface area contributed by atoms with Crippen molar-refractivity contribution in [1.29, 1.82) is 0 Å². The molecule has 4 aromatic rings. The summed E-state index contributed by atoms with van der Waals surface area (Å²) in [6.45, 7) is 12.5. The van der Waals surface area contributed by atoms with Gasteiger partial charge < -0.3 is 21.7 Å². The van der Waals surface area contributed by atoms with E-state index in [-0.39, 0.29) is 0 Å². The van der Waals surface area contributed by atoms with E-state index in [0.717, 1.165) is 156 Å². The molecule has 14 heteroatoms. The molecule has 0 radical (unpaired) electrons. The van der Waals surface area contributed by atoms with E-state index < -0.39 is 0 Å². The quantitative estimate of drug-likeness (QED) is 0.0487. The summed E-state index contributed by atoms with van der Waals surface area (Å²) in [5.41, 5.74) is 40.5. The molecular weight excluding hydrogens is 749 g/mol. The maximum absolute atomic E-state index is 5.11. The molecular formula is C46H60N14. The van der Waals surface area contributed by atoms with Crippen LogP contribution in [0.25, 0.3) is 56.2 Å². The number of hydrogen-bond donors (Lipinski definition) is 8. The lowest BCUT2D eigenvalue weighted by Crippen LogP contribution is -2.37. The third-order valence-corrected chi connectivity index (χ3v) is 11.0. The Labute approximate surface area is 354 Å². The molecule has 2 aromatic heterocycles. The van der Waals surface area contributed by atoms with Gasteiger partial charge in [-0.25, -0.2) is 9.97 Å². The molecule has 0 atom stereocenters. The Bertz CT molecular complexity index is 1950. The zero-order valence-electron chi connectivity index (χ0n) is 35.4. The van der Waals surface area contributed by atoms with Gasteiger partial charge in [0.05, 0.1) is 45.6 Å². The van der Waals surface area contributed by atoms with Crippen LogP contribution in [0.5, 0.6) is 0 Å². The first kappa shape index (κ1) is 40.7. The van der Waals surface area contributed by atoms with E-state index in [1.54, 1.807) is 0 Å². The molecule has 8 rings (SSSR count). The van der Waals surface area contributed by atoms with Crippen molar-refractivity contribution < 1.29 is 0 Å². The van der Waals surface area contributed by atoms with E-state index in [4.69, 9.17) is 9.97 Å². The zero-order chi connectivity index (χ0) is 41.3. The summed E-state index contributed by atoms with van der Waals surface area (Å²) in [6.07, 6.45) is 17.4. The van der Waals surface area contributed by atoms with Gasteiger partial charge in [-0.1, -0.05) is 102 Å². The SMILES string of the molecule is CCCCN1C=C(c2cc(-c3ccc(-c4ccc(-c5cc(C6=CN(CCCC)NN6)nc(C6=CN(CCCC)NN6)c5)cc4)cc3)cc(C3=CN(CCCC)NN3)n2)NN1. The van der Waals surface area contributed by atoms with Crippen LogP contribution in [0.15, 0.2) is 97.6 Å². The summed E-state index contributed by atoms with van der Waals surface area (Å²) >= 11 is 0. The number of pyridine rings is 2. The Hall–Kier alpha value is -6.06. The first-order chi connectivity index (χ1) is 29.5. The van der Waals surface area contributed by atoms with E-state index in [0.29, 0.717) is 0 Å². The van der Waals surface area contributed by atoms with Gasteiger partial charge in [-0.05, 0) is 83.3 Å². The molecule has 0 bridgehead atoms. The number of benzene rings is 2. The van der Waals surface area contributed by atoms with Gasteiger partial charge >= 0.3 is 0 Å². The van der Waals surface area contributed by atoms with Gasteiger partial charge in [-0.2, -0.15) is 0 Å². The molecule has 4 aliphatic rings. The molecule has 0 saturated carbocycles. The minimum absolute atomic E-state index is 0.876. The number of nitrogens with zero attached hydrogens (tertiary/aromatic N) is 6. The molecule has 0 saturated heterocycles. The largest absolute Gasteiger partial charge is 0.300 e. The second kappa shape index (κ2) is 19.3. The standard InChI is InChI=1S/C46H60N14/c1-5-9-21-57-29-43(49-53-57)39-25-37(26-40(47-39)44-30-58(54-50-44)22-10-6-2)35-17-13-33(14-18-35)34-15-19-36(20-16-34)38-27-41(45-31-59(55-51-45)23-11-7-3)48-42(28-38)46-32-60(56-52-46)24-12-8-4/h13-20,25-32,49-56H,5-12,21-24H2,1-4H3. The fraction of sp³-hybridized carbons (Fsp3) is 0.348. The first-order valence-corrected chi connectivity index (χ1v) is 21.8. The van der Waals surface area contributed by atoms with Crippen LogP contribution in [0.3, 0.4) is 0 Å². The molecule has 6 heterocycles. The van der Waals surface area contributed by atoms with Gasteiger partial charge in [0.15, 0.2) is 0 Å². The molecule has 14 nitrogen and oxygen atoms in total. The van der Waals surface area contributed by atoms with Crippen molar-refractivity contribution in [3.63, 3.8) is 0 Å². The summed E-state index contributed by atoms with van der Waals surface area (Å²) in [5.74, 6) is 0. The van der Waals surface area contributed by atoms with Gasteiger partial charge in [-0.15, -0.1) is 22.1 Å². The molecule has 0 unspecified atom stereocenters. The lowest BCUT2D eigenvalue weighted by Gasteiger charge is -2.14. The smallest absolute Gasteiger partial charge is 0.0937 e. The molecule has 2 aromatic carbocycles.